The molecular weight excluding hydrogens is 265 g/mol. The number of halogens is 1. The molecule has 2 saturated heterocycles. The zero-order chi connectivity index (χ0) is 14.2. The first kappa shape index (κ1) is 13.5. The first-order valence-electron chi connectivity index (χ1n) is 8.25. The monoisotopic (exact) mass is 289 g/mol. The van der Waals surface area contributed by atoms with Crippen LogP contribution in [-0.4, -0.2) is 50.7 Å². The van der Waals surface area contributed by atoms with Crippen molar-refractivity contribution in [2.75, 3.05) is 50.7 Å². The van der Waals surface area contributed by atoms with Crippen molar-refractivity contribution in [3.05, 3.63) is 30.1 Å². The summed E-state index contributed by atoms with van der Waals surface area (Å²) in [5.74, 6) is 2.72. The first-order chi connectivity index (χ1) is 10.3. The van der Waals surface area contributed by atoms with E-state index in [0.29, 0.717) is 0 Å². The summed E-state index contributed by atoms with van der Waals surface area (Å²) < 4.78 is 13.0. The molecule has 2 aliphatic heterocycles. The third kappa shape index (κ3) is 2.79. The summed E-state index contributed by atoms with van der Waals surface area (Å²) in [5.41, 5.74) is 1.16. The molecule has 1 aromatic carbocycles. The number of hydrogen-bond donors (Lipinski definition) is 1. The van der Waals surface area contributed by atoms with Crippen LogP contribution in [-0.2, 0) is 0 Å². The van der Waals surface area contributed by atoms with E-state index in [9.17, 15) is 4.39 Å². The van der Waals surface area contributed by atoms with Gasteiger partial charge in [0.25, 0.3) is 0 Å². The molecule has 1 N–H and O–H groups in total. The van der Waals surface area contributed by atoms with E-state index in [2.05, 4.69) is 15.1 Å². The van der Waals surface area contributed by atoms with Gasteiger partial charge < -0.3 is 15.1 Å². The van der Waals surface area contributed by atoms with Crippen molar-refractivity contribution in [1.29, 1.82) is 0 Å². The van der Waals surface area contributed by atoms with Crippen LogP contribution >= 0.6 is 0 Å². The van der Waals surface area contributed by atoms with Crippen LogP contribution in [0.25, 0.3) is 0 Å². The number of benzene rings is 1. The molecule has 3 nitrogen and oxygen atoms in total. The van der Waals surface area contributed by atoms with Crippen molar-refractivity contribution in [3.63, 3.8) is 0 Å². The van der Waals surface area contributed by atoms with Crippen LogP contribution in [0, 0.1) is 23.6 Å². The largest absolute Gasteiger partial charge is 0.370 e. The predicted octanol–water partition coefficient (Wildman–Crippen LogP) is 1.80. The van der Waals surface area contributed by atoms with Crippen LogP contribution < -0.4 is 10.2 Å². The van der Waals surface area contributed by atoms with Crippen molar-refractivity contribution in [1.82, 2.24) is 10.2 Å². The second kappa shape index (κ2) is 5.58. The van der Waals surface area contributed by atoms with E-state index in [4.69, 9.17) is 0 Å². The van der Waals surface area contributed by atoms with Gasteiger partial charge in [-0.1, -0.05) is 0 Å². The van der Waals surface area contributed by atoms with E-state index in [-0.39, 0.29) is 5.82 Å². The Kier molecular flexibility index (Phi) is 3.59. The SMILES string of the molecule is Fc1ccc(N2CCCN(CC3[C@H]4CNC[C@@H]34)CC2)cc1. The van der Waals surface area contributed by atoms with E-state index in [1.807, 2.05) is 12.1 Å². The molecule has 3 atom stereocenters. The Bertz CT molecular complexity index is 479. The maximum atomic E-state index is 13.0. The highest BCUT2D eigenvalue weighted by molar-refractivity contribution is 5.46. The molecule has 3 fully saturated rings. The normalized spacial score (nSPS) is 32.8. The molecule has 4 rings (SSSR count). The Morgan fingerprint density at radius 2 is 1.76 bits per heavy atom. The summed E-state index contributed by atoms with van der Waals surface area (Å²) in [6.45, 7) is 8.26. The van der Waals surface area contributed by atoms with Gasteiger partial charge >= 0.3 is 0 Å². The maximum Gasteiger partial charge on any atom is 0.123 e. The average molecular weight is 289 g/mol. The van der Waals surface area contributed by atoms with Crippen LogP contribution in [0.5, 0.6) is 0 Å². The van der Waals surface area contributed by atoms with Gasteiger partial charge in [0, 0.05) is 31.9 Å². The third-order valence-corrected chi connectivity index (χ3v) is 5.52. The minimum absolute atomic E-state index is 0.149. The Balaban J connectivity index is 1.32. The molecule has 1 aliphatic carbocycles. The first-order valence-corrected chi connectivity index (χ1v) is 8.25. The lowest BCUT2D eigenvalue weighted by atomic mass is 10.2. The zero-order valence-electron chi connectivity index (χ0n) is 12.5. The fourth-order valence-corrected chi connectivity index (χ4v) is 4.18. The molecule has 0 radical (unpaired) electrons. The van der Waals surface area contributed by atoms with E-state index in [0.717, 1.165) is 43.1 Å². The highest BCUT2D eigenvalue weighted by atomic mass is 19.1. The second-order valence-corrected chi connectivity index (χ2v) is 6.77. The zero-order valence-corrected chi connectivity index (χ0v) is 12.5. The van der Waals surface area contributed by atoms with Crippen LogP contribution in [0.3, 0.4) is 0 Å². The number of nitrogens with zero attached hydrogens (tertiary/aromatic N) is 2. The second-order valence-electron chi connectivity index (χ2n) is 6.77. The van der Waals surface area contributed by atoms with E-state index < -0.39 is 0 Å². The number of rotatable bonds is 3. The Morgan fingerprint density at radius 1 is 1.00 bits per heavy atom. The maximum absolute atomic E-state index is 13.0. The minimum atomic E-state index is -0.149. The quantitative estimate of drug-likeness (QED) is 0.915. The molecule has 4 heteroatoms. The molecule has 0 amide bonds. The summed E-state index contributed by atoms with van der Waals surface area (Å²) >= 11 is 0. The molecule has 1 aromatic rings. The number of hydrogen-bond acceptors (Lipinski definition) is 3. The molecule has 114 valence electrons. The summed E-state index contributed by atoms with van der Waals surface area (Å²) in [6.07, 6.45) is 1.21. The summed E-state index contributed by atoms with van der Waals surface area (Å²) in [6, 6.07) is 6.94. The van der Waals surface area contributed by atoms with Gasteiger partial charge in [0.15, 0.2) is 0 Å². The molecule has 0 bridgehead atoms. The summed E-state index contributed by atoms with van der Waals surface area (Å²) in [5, 5.41) is 3.48. The molecule has 1 unspecified atom stereocenters. The van der Waals surface area contributed by atoms with Gasteiger partial charge in [-0.25, -0.2) is 4.39 Å². The molecule has 1 saturated carbocycles. The fourth-order valence-electron chi connectivity index (χ4n) is 4.18. The average Bonchev–Trinajstić information content (AvgIpc) is 3.00. The van der Waals surface area contributed by atoms with Crippen molar-refractivity contribution in [2.24, 2.45) is 17.8 Å². The summed E-state index contributed by atoms with van der Waals surface area (Å²) in [7, 11) is 0. The topological polar surface area (TPSA) is 18.5 Å². The highest BCUT2D eigenvalue weighted by Gasteiger charge is 2.52. The van der Waals surface area contributed by atoms with Crippen LogP contribution in [0.1, 0.15) is 6.42 Å². The van der Waals surface area contributed by atoms with Crippen molar-refractivity contribution in [2.45, 2.75) is 6.42 Å². The number of nitrogens with one attached hydrogen (secondary N) is 1. The Labute approximate surface area is 126 Å². The fraction of sp³-hybridized carbons (Fsp3) is 0.647. The Morgan fingerprint density at radius 3 is 2.52 bits per heavy atom. The lowest BCUT2D eigenvalue weighted by Crippen LogP contribution is -2.33. The Hall–Kier alpha value is -1.13. The van der Waals surface area contributed by atoms with Crippen molar-refractivity contribution >= 4 is 5.69 Å². The van der Waals surface area contributed by atoms with Gasteiger partial charge in [-0.15, -0.1) is 0 Å². The van der Waals surface area contributed by atoms with Gasteiger partial charge in [0.05, 0.1) is 0 Å². The van der Waals surface area contributed by atoms with Gasteiger partial charge in [-0.3, -0.25) is 0 Å². The molecule has 0 spiro atoms. The highest BCUT2D eigenvalue weighted by Crippen LogP contribution is 2.48. The number of anilines is 1. The van der Waals surface area contributed by atoms with Gasteiger partial charge in [0.1, 0.15) is 5.82 Å². The van der Waals surface area contributed by atoms with Crippen LogP contribution in [0.4, 0.5) is 10.1 Å². The molecule has 3 aliphatic rings. The van der Waals surface area contributed by atoms with Crippen LogP contribution in [0.15, 0.2) is 24.3 Å². The number of fused-ring (bicyclic) bond motifs is 1. The molecular formula is C17H24FN3. The van der Waals surface area contributed by atoms with Gasteiger partial charge in [-0.2, -0.15) is 0 Å². The molecule has 2 heterocycles. The van der Waals surface area contributed by atoms with E-state index in [1.165, 1.54) is 32.6 Å². The van der Waals surface area contributed by atoms with E-state index >= 15 is 0 Å². The van der Waals surface area contributed by atoms with Gasteiger partial charge in [0.2, 0.25) is 0 Å². The van der Waals surface area contributed by atoms with Crippen molar-refractivity contribution in [3.8, 4) is 0 Å². The lowest BCUT2D eigenvalue weighted by Gasteiger charge is -2.24. The molecule has 21 heavy (non-hydrogen) atoms. The standard InChI is InChI=1S/C17H24FN3/c18-13-2-4-14(5-3-13)21-7-1-6-20(8-9-21)12-17-15-10-19-11-16(15)17/h2-5,15-17,19H,1,6-12H2/t15-,16+,17?. The minimum Gasteiger partial charge on any atom is -0.370 e. The van der Waals surface area contributed by atoms with E-state index in [1.54, 1.807) is 12.1 Å². The third-order valence-electron chi connectivity index (χ3n) is 5.52. The van der Waals surface area contributed by atoms with Crippen molar-refractivity contribution < 1.29 is 4.39 Å². The summed E-state index contributed by atoms with van der Waals surface area (Å²) in [4.78, 5) is 5.04. The lowest BCUT2D eigenvalue weighted by molar-refractivity contribution is 0.268. The van der Waals surface area contributed by atoms with Gasteiger partial charge in [-0.05, 0) is 68.1 Å². The van der Waals surface area contributed by atoms with Crippen LogP contribution in [0.2, 0.25) is 0 Å². The molecule has 0 aromatic heterocycles. The number of piperidine rings is 1. The predicted molar refractivity (Wildman–Crippen MR) is 83.0 cm³/mol. The smallest absolute Gasteiger partial charge is 0.123 e.